The predicted octanol–water partition coefficient (Wildman–Crippen LogP) is -0.274. The third-order valence-electron chi connectivity index (χ3n) is 4.18. The van der Waals surface area contributed by atoms with E-state index in [9.17, 15) is 9.59 Å². The molecule has 0 bridgehead atoms. The van der Waals surface area contributed by atoms with Gasteiger partial charge in [0.25, 0.3) is 5.56 Å². The maximum Gasteiger partial charge on any atom is 0.313 e. The van der Waals surface area contributed by atoms with Crippen molar-refractivity contribution < 1.29 is 9.90 Å². The second-order valence-corrected chi connectivity index (χ2v) is 6.90. The lowest BCUT2D eigenvalue weighted by atomic mass is 10.4. The zero-order valence-corrected chi connectivity index (χ0v) is 16.1. The topological polar surface area (TPSA) is 129 Å². The molecule has 0 unspecified atom stereocenters. The summed E-state index contributed by atoms with van der Waals surface area (Å²) in [5.41, 5.74) is 0.0796. The minimum atomic E-state index is -1.03. The molecule has 2 aromatic heterocycles. The Morgan fingerprint density at radius 2 is 2.04 bits per heavy atom. The molecule has 0 atom stereocenters. The molecule has 0 amide bonds. The first-order chi connectivity index (χ1) is 13.6. The second-order valence-electron chi connectivity index (χ2n) is 5.96. The largest absolute Gasteiger partial charge is 0.481 e. The Kier molecular flexibility index (Phi) is 6.19. The number of aromatic nitrogens is 4. The number of carbonyl (C=O) groups is 1. The van der Waals surface area contributed by atoms with Crippen molar-refractivity contribution in [3.8, 4) is 17.9 Å². The highest BCUT2D eigenvalue weighted by molar-refractivity contribution is 7.99. The minimum Gasteiger partial charge on any atom is -0.481 e. The van der Waals surface area contributed by atoms with E-state index in [2.05, 4.69) is 32.0 Å². The Morgan fingerprint density at radius 3 is 2.68 bits per heavy atom. The van der Waals surface area contributed by atoms with Gasteiger partial charge in [0, 0.05) is 26.2 Å². The van der Waals surface area contributed by atoms with Crippen LogP contribution in [-0.2, 0) is 17.9 Å². The molecule has 2 aromatic rings. The molecule has 0 radical (unpaired) electrons. The summed E-state index contributed by atoms with van der Waals surface area (Å²) in [6.07, 6.45) is 0. The summed E-state index contributed by atoms with van der Waals surface area (Å²) in [6.45, 7) is 4.83. The SMILES string of the molecule is CC#CCn1c(N2CCNCC2)nc2nc(SCC(=O)O)n(CC#N)c(=O)c21. The molecule has 1 fully saturated rings. The van der Waals surface area contributed by atoms with Crippen molar-refractivity contribution in [1.29, 1.82) is 5.26 Å². The summed E-state index contributed by atoms with van der Waals surface area (Å²) >= 11 is 0.893. The Hall–Kier alpha value is -3.02. The highest BCUT2D eigenvalue weighted by Gasteiger charge is 2.24. The van der Waals surface area contributed by atoms with Gasteiger partial charge in [0.1, 0.15) is 6.54 Å². The van der Waals surface area contributed by atoms with Gasteiger partial charge in [-0.05, 0) is 6.92 Å². The Balaban J connectivity index is 2.20. The van der Waals surface area contributed by atoms with Gasteiger partial charge in [-0.15, -0.1) is 5.92 Å². The van der Waals surface area contributed by atoms with Crippen molar-refractivity contribution in [2.45, 2.75) is 25.2 Å². The first-order valence-corrected chi connectivity index (χ1v) is 9.63. The molecule has 1 aliphatic heterocycles. The van der Waals surface area contributed by atoms with Crippen LogP contribution >= 0.6 is 11.8 Å². The second kappa shape index (κ2) is 8.78. The van der Waals surface area contributed by atoms with Crippen LogP contribution in [-0.4, -0.2) is 62.1 Å². The van der Waals surface area contributed by atoms with Crippen LogP contribution in [0.2, 0.25) is 0 Å². The summed E-state index contributed by atoms with van der Waals surface area (Å²) in [4.78, 5) is 35.1. The summed E-state index contributed by atoms with van der Waals surface area (Å²) < 4.78 is 2.92. The van der Waals surface area contributed by atoms with E-state index in [1.165, 1.54) is 4.57 Å². The van der Waals surface area contributed by atoms with Gasteiger partial charge >= 0.3 is 5.97 Å². The fraction of sp³-hybridized carbons (Fsp3) is 0.471. The molecular formula is C17H19N7O3S. The molecule has 1 saturated heterocycles. The van der Waals surface area contributed by atoms with E-state index in [1.807, 2.05) is 6.07 Å². The number of piperazine rings is 1. The summed E-state index contributed by atoms with van der Waals surface area (Å²) in [5.74, 6) is 5.09. The lowest BCUT2D eigenvalue weighted by Crippen LogP contribution is -2.44. The predicted molar refractivity (Wildman–Crippen MR) is 104 cm³/mol. The molecule has 11 heteroatoms. The monoisotopic (exact) mass is 401 g/mol. The van der Waals surface area contributed by atoms with Gasteiger partial charge < -0.3 is 15.3 Å². The number of rotatable bonds is 6. The van der Waals surface area contributed by atoms with Gasteiger partial charge in [-0.2, -0.15) is 10.2 Å². The zero-order chi connectivity index (χ0) is 20.1. The number of nitrogens with one attached hydrogen (secondary N) is 1. The average molecular weight is 401 g/mol. The Morgan fingerprint density at radius 1 is 1.29 bits per heavy atom. The molecule has 0 spiro atoms. The molecular weight excluding hydrogens is 382 g/mol. The van der Waals surface area contributed by atoms with E-state index in [-0.39, 0.29) is 35.2 Å². The summed E-state index contributed by atoms with van der Waals surface area (Å²) in [6, 6.07) is 1.94. The summed E-state index contributed by atoms with van der Waals surface area (Å²) in [7, 11) is 0. The van der Waals surface area contributed by atoms with Gasteiger partial charge in [0.15, 0.2) is 16.3 Å². The molecule has 2 N–H and O–H groups in total. The third kappa shape index (κ3) is 3.96. The number of carboxylic acid groups (broad SMARTS) is 1. The molecule has 10 nitrogen and oxygen atoms in total. The number of anilines is 1. The van der Waals surface area contributed by atoms with E-state index >= 15 is 0 Å². The van der Waals surface area contributed by atoms with Crippen LogP contribution in [0.1, 0.15) is 6.92 Å². The number of carboxylic acids is 1. The number of fused-ring (bicyclic) bond motifs is 1. The van der Waals surface area contributed by atoms with Gasteiger partial charge in [-0.25, -0.2) is 4.98 Å². The molecule has 0 saturated carbocycles. The maximum atomic E-state index is 13.1. The van der Waals surface area contributed by atoms with Crippen LogP contribution < -0.4 is 15.8 Å². The summed E-state index contributed by atoms with van der Waals surface area (Å²) in [5, 5.41) is 21.5. The standard InChI is InChI=1S/C17H19N7O3S/c1-2-3-7-23-13-14(20-16(23)22-9-5-19-6-10-22)21-17(28-11-12(25)26)24(8-4-18)15(13)27/h19H,5-11H2,1H3,(H,25,26). The van der Waals surface area contributed by atoms with E-state index in [1.54, 1.807) is 11.5 Å². The number of hydrogen-bond donors (Lipinski definition) is 2. The van der Waals surface area contributed by atoms with Crippen LogP contribution in [0.3, 0.4) is 0 Å². The van der Waals surface area contributed by atoms with E-state index in [0.717, 1.165) is 37.9 Å². The van der Waals surface area contributed by atoms with Crippen molar-refractivity contribution >= 4 is 34.8 Å². The third-order valence-corrected chi connectivity index (χ3v) is 5.14. The number of nitriles is 1. The fourth-order valence-corrected chi connectivity index (χ4v) is 3.65. The van der Waals surface area contributed by atoms with Crippen molar-refractivity contribution in [1.82, 2.24) is 24.4 Å². The number of hydrogen-bond acceptors (Lipinski definition) is 8. The average Bonchev–Trinajstić information content (AvgIpc) is 3.06. The van der Waals surface area contributed by atoms with Crippen molar-refractivity contribution in [3.05, 3.63) is 10.4 Å². The molecule has 28 heavy (non-hydrogen) atoms. The van der Waals surface area contributed by atoms with E-state index in [0.29, 0.717) is 5.95 Å². The molecule has 146 valence electrons. The lowest BCUT2D eigenvalue weighted by molar-refractivity contribution is -0.133. The lowest BCUT2D eigenvalue weighted by Gasteiger charge is -2.28. The molecule has 3 rings (SSSR count). The quantitative estimate of drug-likeness (QED) is 0.381. The number of thioether (sulfide) groups is 1. The van der Waals surface area contributed by atoms with Gasteiger partial charge in [-0.1, -0.05) is 17.7 Å². The van der Waals surface area contributed by atoms with E-state index in [4.69, 9.17) is 10.4 Å². The van der Waals surface area contributed by atoms with Crippen molar-refractivity contribution in [3.63, 3.8) is 0 Å². The Bertz CT molecular complexity index is 1050. The van der Waals surface area contributed by atoms with Crippen LogP contribution in [0, 0.1) is 23.2 Å². The fourth-order valence-electron chi connectivity index (χ4n) is 2.94. The first kappa shape index (κ1) is 19.7. The van der Waals surface area contributed by atoms with Gasteiger partial charge in [-0.3, -0.25) is 18.7 Å². The van der Waals surface area contributed by atoms with Gasteiger partial charge in [0.2, 0.25) is 5.95 Å². The number of aliphatic carboxylic acids is 1. The number of nitrogens with zero attached hydrogens (tertiary/aromatic N) is 6. The Labute approximate surface area is 165 Å². The highest BCUT2D eigenvalue weighted by atomic mass is 32.2. The zero-order valence-electron chi connectivity index (χ0n) is 15.3. The molecule has 1 aliphatic rings. The van der Waals surface area contributed by atoms with Crippen LogP contribution in [0.25, 0.3) is 11.2 Å². The van der Waals surface area contributed by atoms with Crippen LogP contribution in [0.4, 0.5) is 5.95 Å². The van der Waals surface area contributed by atoms with Gasteiger partial charge in [0.05, 0.1) is 18.4 Å². The smallest absolute Gasteiger partial charge is 0.313 e. The highest BCUT2D eigenvalue weighted by Crippen LogP contribution is 2.23. The molecule has 0 aliphatic carbocycles. The van der Waals surface area contributed by atoms with Crippen molar-refractivity contribution in [2.75, 3.05) is 36.8 Å². The van der Waals surface area contributed by atoms with E-state index < -0.39 is 11.5 Å². The maximum absolute atomic E-state index is 13.1. The molecule has 3 heterocycles. The first-order valence-electron chi connectivity index (χ1n) is 8.64. The molecule has 0 aromatic carbocycles. The normalized spacial score (nSPS) is 13.8. The van der Waals surface area contributed by atoms with Crippen LogP contribution in [0.5, 0.6) is 0 Å². The minimum absolute atomic E-state index is 0.166. The number of imidazole rings is 1. The van der Waals surface area contributed by atoms with Crippen LogP contribution in [0.15, 0.2) is 9.95 Å². The van der Waals surface area contributed by atoms with Crippen molar-refractivity contribution in [2.24, 2.45) is 0 Å².